The smallest absolute Gasteiger partial charge is 0.330 e. The number of nitrogens with zero attached hydrogens (tertiary/aromatic N) is 5. The maximum Gasteiger partial charge on any atom is 0.330 e. The molecule has 0 fully saturated rings. The van der Waals surface area contributed by atoms with E-state index >= 15 is 0 Å². The maximum atomic E-state index is 14.7. The molecule has 36 heavy (non-hydrogen) atoms. The van der Waals surface area contributed by atoms with Gasteiger partial charge in [0, 0.05) is 31.3 Å². The number of halogens is 2. The number of amides is 4. The third-order valence-corrected chi connectivity index (χ3v) is 5.63. The molecule has 0 saturated carbocycles. The van der Waals surface area contributed by atoms with Crippen LogP contribution in [-0.2, 0) is 12.0 Å². The number of aromatic nitrogens is 3. The van der Waals surface area contributed by atoms with Gasteiger partial charge in [0.15, 0.2) is 0 Å². The van der Waals surface area contributed by atoms with Crippen molar-refractivity contribution in [2.75, 3.05) is 39.8 Å². The number of rotatable bonds is 4. The highest BCUT2D eigenvalue weighted by Crippen LogP contribution is 2.34. The highest BCUT2D eigenvalue weighted by atomic mass is 19.1. The summed E-state index contributed by atoms with van der Waals surface area (Å²) in [6.45, 7) is 7.00. The average molecular weight is 501 g/mol. The van der Waals surface area contributed by atoms with E-state index in [0.29, 0.717) is 28.6 Å². The number of benzene rings is 1. The Labute approximate surface area is 205 Å². The first kappa shape index (κ1) is 24.8. The van der Waals surface area contributed by atoms with Crippen LogP contribution >= 0.6 is 0 Å². The van der Waals surface area contributed by atoms with Crippen LogP contribution in [0.25, 0.3) is 0 Å². The molecule has 0 atom stereocenters. The third-order valence-electron chi connectivity index (χ3n) is 5.63. The van der Waals surface area contributed by atoms with Crippen LogP contribution in [0.5, 0.6) is 0 Å². The van der Waals surface area contributed by atoms with Crippen molar-refractivity contribution in [3.63, 3.8) is 0 Å². The number of aryl methyl sites for hydroxylation is 1. The second-order valence-electron chi connectivity index (χ2n) is 9.34. The van der Waals surface area contributed by atoms with Crippen LogP contribution in [0.1, 0.15) is 37.6 Å². The molecule has 1 aliphatic heterocycles. The summed E-state index contributed by atoms with van der Waals surface area (Å²) >= 11 is 0. The molecule has 2 aromatic heterocycles. The van der Waals surface area contributed by atoms with Gasteiger partial charge in [-0.2, -0.15) is 9.37 Å². The zero-order valence-corrected chi connectivity index (χ0v) is 20.7. The molecule has 3 heterocycles. The number of carbonyl (C=O) groups is 2. The van der Waals surface area contributed by atoms with Gasteiger partial charge in [-0.25, -0.2) is 19.0 Å². The quantitative estimate of drug-likeness (QED) is 0.477. The van der Waals surface area contributed by atoms with E-state index in [-0.39, 0.29) is 17.9 Å². The van der Waals surface area contributed by atoms with Gasteiger partial charge in [0.25, 0.3) is 5.88 Å². The number of carbonyl (C=O) groups excluding carboxylic acids is 2. The summed E-state index contributed by atoms with van der Waals surface area (Å²) < 4.78 is 34.2. The molecule has 3 aromatic rings. The van der Waals surface area contributed by atoms with E-state index in [9.17, 15) is 18.4 Å². The molecule has 4 amide bonds. The minimum atomic E-state index is -0.945. The summed E-state index contributed by atoms with van der Waals surface area (Å²) in [6.07, 6.45) is 1.60. The zero-order valence-electron chi connectivity index (χ0n) is 20.7. The van der Waals surface area contributed by atoms with Crippen LogP contribution in [-0.4, -0.2) is 41.3 Å². The summed E-state index contributed by atoms with van der Waals surface area (Å²) in [4.78, 5) is 37.0. The van der Waals surface area contributed by atoms with E-state index in [4.69, 9.17) is 4.52 Å². The predicted octanol–water partition coefficient (Wildman–Crippen LogP) is 4.61. The lowest BCUT2D eigenvalue weighted by Gasteiger charge is -2.35. The monoisotopic (exact) mass is 500 g/mol. The standard InChI is InChI=1S/C23H26F2N8O3/c1-11-7-13(24)14(28-21(34)30-19-16(25)17(31-36-19)23(2,3)4)8-15(11)33-10-12-9-27-20(26-5)29-18(12)32(6)22(33)35/h7-9H,10H2,1-6H3,(H,26,27,29)(H2,28,30,34). The molecule has 11 nitrogen and oxygen atoms in total. The molecule has 190 valence electrons. The molecule has 0 unspecified atom stereocenters. The highest BCUT2D eigenvalue weighted by Gasteiger charge is 2.32. The molecule has 0 spiro atoms. The lowest BCUT2D eigenvalue weighted by atomic mass is 9.92. The second kappa shape index (κ2) is 9.06. The van der Waals surface area contributed by atoms with Gasteiger partial charge in [0.2, 0.25) is 11.8 Å². The first-order valence-electron chi connectivity index (χ1n) is 11.0. The van der Waals surface area contributed by atoms with Crippen molar-refractivity contribution in [3.8, 4) is 0 Å². The fourth-order valence-corrected chi connectivity index (χ4v) is 3.75. The zero-order chi connectivity index (χ0) is 26.4. The Morgan fingerprint density at radius 2 is 1.92 bits per heavy atom. The topological polar surface area (TPSA) is 129 Å². The lowest BCUT2D eigenvalue weighted by molar-refractivity contribution is 0.251. The summed E-state index contributed by atoms with van der Waals surface area (Å²) in [7, 11) is 3.24. The molecular formula is C23H26F2N8O3. The van der Waals surface area contributed by atoms with E-state index in [1.807, 2.05) is 0 Å². The van der Waals surface area contributed by atoms with Crippen LogP contribution < -0.4 is 25.8 Å². The van der Waals surface area contributed by atoms with E-state index in [2.05, 4.69) is 31.1 Å². The molecule has 3 N–H and O–H groups in total. The molecular weight excluding hydrogens is 474 g/mol. The van der Waals surface area contributed by atoms with Crippen LogP contribution in [0.4, 0.5) is 47.4 Å². The number of hydrogen-bond donors (Lipinski definition) is 3. The van der Waals surface area contributed by atoms with E-state index in [1.54, 1.807) is 48.0 Å². The molecule has 13 heteroatoms. The molecule has 0 aliphatic carbocycles. The average Bonchev–Trinajstić information content (AvgIpc) is 3.18. The molecule has 4 rings (SSSR count). The lowest BCUT2D eigenvalue weighted by Crippen LogP contribution is -2.46. The van der Waals surface area contributed by atoms with Gasteiger partial charge in [-0.1, -0.05) is 25.9 Å². The summed E-state index contributed by atoms with van der Waals surface area (Å²) in [5.41, 5.74) is 0.698. The van der Waals surface area contributed by atoms with Crippen molar-refractivity contribution in [3.05, 3.63) is 46.8 Å². The molecule has 0 saturated heterocycles. The Morgan fingerprint density at radius 1 is 1.19 bits per heavy atom. The normalized spacial score (nSPS) is 13.5. The highest BCUT2D eigenvalue weighted by molar-refractivity contribution is 6.06. The van der Waals surface area contributed by atoms with E-state index in [0.717, 1.165) is 0 Å². The fourth-order valence-electron chi connectivity index (χ4n) is 3.75. The number of anilines is 5. The predicted molar refractivity (Wildman–Crippen MR) is 131 cm³/mol. The number of urea groups is 2. The Morgan fingerprint density at radius 3 is 2.56 bits per heavy atom. The third kappa shape index (κ3) is 4.51. The van der Waals surface area contributed by atoms with Gasteiger partial charge in [-0.05, 0) is 24.6 Å². The Bertz CT molecular complexity index is 1350. The van der Waals surface area contributed by atoms with Crippen molar-refractivity contribution in [1.29, 1.82) is 0 Å². The van der Waals surface area contributed by atoms with Crippen molar-refractivity contribution in [1.82, 2.24) is 15.1 Å². The Hall–Kier alpha value is -4.29. The van der Waals surface area contributed by atoms with Gasteiger partial charge < -0.3 is 15.2 Å². The largest absolute Gasteiger partial charge is 0.357 e. The van der Waals surface area contributed by atoms with Crippen molar-refractivity contribution < 1.29 is 22.9 Å². The van der Waals surface area contributed by atoms with Gasteiger partial charge in [-0.3, -0.25) is 15.1 Å². The minimum absolute atomic E-state index is 0.0421. The summed E-state index contributed by atoms with van der Waals surface area (Å²) in [5, 5.41) is 11.0. The van der Waals surface area contributed by atoms with E-state index < -0.39 is 35.0 Å². The number of nitrogens with one attached hydrogen (secondary N) is 3. The van der Waals surface area contributed by atoms with Crippen LogP contribution in [0.2, 0.25) is 0 Å². The van der Waals surface area contributed by atoms with Gasteiger partial charge in [0.1, 0.15) is 17.3 Å². The molecule has 0 radical (unpaired) electrons. The van der Waals surface area contributed by atoms with Crippen molar-refractivity contribution in [2.24, 2.45) is 0 Å². The van der Waals surface area contributed by atoms with Crippen molar-refractivity contribution >= 4 is 41.1 Å². The van der Waals surface area contributed by atoms with Crippen LogP contribution in [0.15, 0.2) is 22.9 Å². The van der Waals surface area contributed by atoms with E-state index in [1.165, 1.54) is 21.9 Å². The Balaban J connectivity index is 1.59. The number of hydrogen-bond acceptors (Lipinski definition) is 7. The van der Waals surface area contributed by atoms with Gasteiger partial charge in [0.05, 0.1) is 17.9 Å². The van der Waals surface area contributed by atoms with Crippen LogP contribution in [0, 0.1) is 18.6 Å². The first-order chi connectivity index (χ1) is 16.9. The van der Waals surface area contributed by atoms with Crippen molar-refractivity contribution in [2.45, 2.75) is 39.7 Å². The summed E-state index contributed by atoms with van der Waals surface area (Å²) in [6, 6.07) is 1.19. The first-order valence-corrected chi connectivity index (χ1v) is 11.0. The Kier molecular flexibility index (Phi) is 6.24. The van der Waals surface area contributed by atoms with Gasteiger partial charge >= 0.3 is 12.1 Å². The van der Waals surface area contributed by atoms with Gasteiger partial charge in [-0.15, -0.1) is 0 Å². The maximum absolute atomic E-state index is 14.7. The molecule has 1 aliphatic rings. The molecule has 1 aromatic carbocycles. The number of fused-ring (bicyclic) bond motifs is 1. The summed E-state index contributed by atoms with van der Waals surface area (Å²) in [5.74, 6) is -1.21. The fraction of sp³-hybridized carbons (Fsp3) is 0.348. The van der Waals surface area contributed by atoms with Crippen LogP contribution in [0.3, 0.4) is 0 Å². The SMILES string of the molecule is CNc1ncc2c(n1)N(C)C(=O)N(c1cc(NC(=O)Nc3onc(C(C)(C)C)c3F)c(F)cc1C)C2. The second-order valence-corrected chi connectivity index (χ2v) is 9.34. The minimum Gasteiger partial charge on any atom is -0.357 e. The molecule has 0 bridgehead atoms.